The van der Waals surface area contributed by atoms with E-state index in [1.54, 1.807) is 0 Å². The number of halogens is 1. The van der Waals surface area contributed by atoms with Crippen LogP contribution in [0.1, 0.15) is 36.8 Å². The predicted molar refractivity (Wildman–Crippen MR) is 96.8 cm³/mol. The first-order valence-corrected chi connectivity index (χ1v) is 8.40. The largest absolute Gasteiger partial charge is 0.342 e. The van der Waals surface area contributed by atoms with Gasteiger partial charge in [0.25, 0.3) is 0 Å². The highest BCUT2D eigenvalue weighted by molar-refractivity contribution is 6.31. The van der Waals surface area contributed by atoms with Crippen molar-refractivity contribution in [3.05, 3.63) is 64.4 Å². The molecule has 0 saturated carbocycles. The van der Waals surface area contributed by atoms with Crippen LogP contribution >= 0.6 is 11.6 Å². The van der Waals surface area contributed by atoms with E-state index in [2.05, 4.69) is 53.0 Å². The second-order valence-electron chi connectivity index (χ2n) is 5.93. The molecule has 0 aliphatic rings. The van der Waals surface area contributed by atoms with E-state index >= 15 is 0 Å². The van der Waals surface area contributed by atoms with Crippen molar-refractivity contribution in [2.45, 2.75) is 33.4 Å². The highest BCUT2D eigenvalue weighted by Gasteiger charge is 2.16. The van der Waals surface area contributed by atoms with Gasteiger partial charge in [-0.1, -0.05) is 42.8 Å². The first-order valence-electron chi connectivity index (χ1n) is 8.02. The van der Waals surface area contributed by atoms with E-state index in [-0.39, 0.29) is 0 Å². The highest BCUT2D eigenvalue weighted by atomic mass is 35.5. The molecule has 1 heterocycles. The van der Waals surface area contributed by atoms with Gasteiger partial charge in [0.1, 0.15) is 5.82 Å². The molecule has 3 aromatic rings. The molecule has 0 aliphatic heterocycles. The fourth-order valence-corrected chi connectivity index (χ4v) is 3.19. The van der Waals surface area contributed by atoms with Gasteiger partial charge >= 0.3 is 0 Å². The summed E-state index contributed by atoms with van der Waals surface area (Å²) in [5.41, 5.74) is 4.57. The summed E-state index contributed by atoms with van der Waals surface area (Å²) in [5, 5.41) is 0.831. The molecule has 0 aliphatic carbocycles. The molecule has 0 radical (unpaired) electrons. The Morgan fingerprint density at radius 3 is 2.74 bits per heavy atom. The number of H-pyrrole nitrogens is 1. The van der Waals surface area contributed by atoms with E-state index in [9.17, 15) is 0 Å². The molecule has 0 spiro atoms. The van der Waals surface area contributed by atoms with Gasteiger partial charge in [0.2, 0.25) is 0 Å². The third-order valence-corrected chi connectivity index (χ3v) is 4.76. The van der Waals surface area contributed by atoms with Gasteiger partial charge in [-0.2, -0.15) is 0 Å². The van der Waals surface area contributed by atoms with Gasteiger partial charge in [-0.05, 0) is 49.7 Å². The van der Waals surface area contributed by atoms with Crippen LogP contribution in [0.25, 0.3) is 11.0 Å². The normalized spacial score (nSPS) is 12.9. The lowest BCUT2D eigenvalue weighted by Crippen LogP contribution is -2.26. The molecule has 1 unspecified atom stereocenters. The topological polar surface area (TPSA) is 31.9 Å². The average molecular weight is 328 g/mol. The summed E-state index contributed by atoms with van der Waals surface area (Å²) < 4.78 is 0. The average Bonchev–Trinajstić information content (AvgIpc) is 2.92. The molecule has 0 fully saturated rings. The number of aromatic nitrogens is 2. The van der Waals surface area contributed by atoms with E-state index in [1.807, 2.05) is 25.1 Å². The SMILES string of the molecule is CCN(Cc1ccccc1Cl)C(C)c1ccc2nc(C)[nH]c2c1. The second-order valence-corrected chi connectivity index (χ2v) is 6.34. The zero-order valence-corrected chi connectivity index (χ0v) is 14.6. The lowest BCUT2D eigenvalue weighted by molar-refractivity contribution is 0.213. The maximum absolute atomic E-state index is 6.32. The molecule has 2 aromatic carbocycles. The van der Waals surface area contributed by atoms with Crippen LogP contribution in [0.3, 0.4) is 0 Å². The smallest absolute Gasteiger partial charge is 0.104 e. The number of hydrogen-bond acceptors (Lipinski definition) is 2. The molecule has 0 saturated heterocycles. The number of nitrogens with one attached hydrogen (secondary N) is 1. The standard InChI is InChI=1S/C19H22ClN3/c1-4-23(12-16-7-5-6-8-17(16)20)13(2)15-9-10-18-19(11-15)22-14(3)21-18/h5-11,13H,4,12H2,1-3H3,(H,21,22). The Labute approximate surface area is 142 Å². The van der Waals surface area contributed by atoms with Gasteiger partial charge in [0.05, 0.1) is 11.0 Å². The first kappa shape index (κ1) is 16.0. The van der Waals surface area contributed by atoms with Crippen LogP contribution in [-0.4, -0.2) is 21.4 Å². The Kier molecular flexibility index (Phi) is 4.69. The lowest BCUT2D eigenvalue weighted by atomic mass is 10.1. The highest BCUT2D eigenvalue weighted by Crippen LogP contribution is 2.26. The number of aromatic amines is 1. The monoisotopic (exact) mass is 327 g/mol. The molecule has 3 nitrogen and oxygen atoms in total. The Balaban J connectivity index is 1.85. The van der Waals surface area contributed by atoms with Gasteiger partial charge < -0.3 is 4.98 Å². The number of fused-ring (bicyclic) bond motifs is 1. The predicted octanol–water partition coefficient (Wildman–Crippen LogP) is 5.11. The summed E-state index contributed by atoms with van der Waals surface area (Å²) in [6.45, 7) is 8.22. The van der Waals surface area contributed by atoms with E-state index in [0.717, 1.165) is 35.0 Å². The Bertz CT molecular complexity index is 809. The molecule has 3 rings (SSSR count). The minimum Gasteiger partial charge on any atom is -0.342 e. The Hall–Kier alpha value is -1.84. The minimum atomic E-state index is 0.310. The van der Waals surface area contributed by atoms with E-state index in [1.165, 1.54) is 11.1 Å². The van der Waals surface area contributed by atoms with E-state index in [4.69, 9.17) is 11.6 Å². The van der Waals surface area contributed by atoms with Crippen molar-refractivity contribution in [1.82, 2.24) is 14.9 Å². The fourth-order valence-electron chi connectivity index (χ4n) is 2.99. The van der Waals surface area contributed by atoms with E-state index < -0.39 is 0 Å². The summed E-state index contributed by atoms with van der Waals surface area (Å²) in [6, 6.07) is 14.8. The summed E-state index contributed by atoms with van der Waals surface area (Å²) in [7, 11) is 0. The van der Waals surface area contributed by atoms with Crippen LogP contribution in [0.4, 0.5) is 0 Å². The Morgan fingerprint density at radius 2 is 2.00 bits per heavy atom. The number of hydrogen-bond donors (Lipinski definition) is 1. The molecule has 1 aromatic heterocycles. The van der Waals surface area contributed by atoms with Crippen LogP contribution in [0, 0.1) is 6.92 Å². The molecule has 1 atom stereocenters. The molecule has 4 heteroatoms. The van der Waals surface area contributed by atoms with Crippen molar-refractivity contribution < 1.29 is 0 Å². The van der Waals surface area contributed by atoms with Crippen LogP contribution in [0.15, 0.2) is 42.5 Å². The summed E-state index contributed by atoms with van der Waals surface area (Å²) in [6.07, 6.45) is 0. The molecule has 23 heavy (non-hydrogen) atoms. The molecule has 1 N–H and O–H groups in total. The first-order chi connectivity index (χ1) is 11.1. The van der Waals surface area contributed by atoms with Crippen LogP contribution in [0.5, 0.6) is 0 Å². The van der Waals surface area contributed by atoms with Gasteiger partial charge in [0, 0.05) is 17.6 Å². The van der Waals surface area contributed by atoms with Crippen LogP contribution < -0.4 is 0 Å². The van der Waals surface area contributed by atoms with Gasteiger partial charge in [-0.25, -0.2) is 4.98 Å². The maximum Gasteiger partial charge on any atom is 0.104 e. The summed E-state index contributed by atoms with van der Waals surface area (Å²) in [5.74, 6) is 0.952. The minimum absolute atomic E-state index is 0.310. The summed E-state index contributed by atoms with van der Waals surface area (Å²) in [4.78, 5) is 10.2. The van der Waals surface area contributed by atoms with Crippen LogP contribution in [-0.2, 0) is 6.54 Å². The zero-order valence-electron chi connectivity index (χ0n) is 13.8. The van der Waals surface area contributed by atoms with Gasteiger partial charge in [-0.15, -0.1) is 0 Å². The van der Waals surface area contributed by atoms with Crippen molar-refractivity contribution >= 4 is 22.6 Å². The van der Waals surface area contributed by atoms with Gasteiger partial charge in [-0.3, -0.25) is 4.90 Å². The van der Waals surface area contributed by atoms with Gasteiger partial charge in [0.15, 0.2) is 0 Å². The third kappa shape index (κ3) is 3.41. The molecular weight excluding hydrogens is 306 g/mol. The Morgan fingerprint density at radius 1 is 1.22 bits per heavy atom. The maximum atomic E-state index is 6.32. The van der Waals surface area contributed by atoms with Crippen molar-refractivity contribution in [2.24, 2.45) is 0 Å². The third-order valence-electron chi connectivity index (χ3n) is 4.39. The van der Waals surface area contributed by atoms with E-state index in [0.29, 0.717) is 6.04 Å². The quantitative estimate of drug-likeness (QED) is 0.706. The second kappa shape index (κ2) is 6.73. The van der Waals surface area contributed by atoms with Crippen molar-refractivity contribution in [1.29, 1.82) is 0 Å². The number of rotatable bonds is 5. The molecule has 0 amide bonds. The zero-order chi connectivity index (χ0) is 16.4. The van der Waals surface area contributed by atoms with Crippen molar-refractivity contribution in [3.8, 4) is 0 Å². The molecular formula is C19H22ClN3. The fraction of sp³-hybridized carbons (Fsp3) is 0.316. The lowest BCUT2D eigenvalue weighted by Gasteiger charge is -2.28. The summed E-state index contributed by atoms with van der Waals surface area (Å²) >= 11 is 6.32. The van der Waals surface area contributed by atoms with Crippen LogP contribution in [0.2, 0.25) is 5.02 Å². The number of aryl methyl sites for hydroxylation is 1. The number of benzene rings is 2. The number of imidazole rings is 1. The molecule has 120 valence electrons. The molecule has 0 bridgehead atoms. The van der Waals surface area contributed by atoms with Crippen molar-refractivity contribution in [2.75, 3.05) is 6.54 Å². The number of nitrogens with zero attached hydrogens (tertiary/aromatic N) is 2. The van der Waals surface area contributed by atoms with Crippen molar-refractivity contribution in [3.63, 3.8) is 0 Å².